The van der Waals surface area contributed by atoms with Crippen molar-refractivity contribution < 1.29 is 8.42 Å². The zero-order valence-corrected chi connectivity index (χ0v) is 13.9. The van der Waals surface area contributed by atoms with Crippen LogP contribution >= 0.6 is 15.9 Å². The molecule has 1 aliphatic carbocycles. The molecule has 0 bridgehead atoms. The van der Waals surface area contributed by atoms with E-state index in [0.29, 0.717) is 11.7 Å². The maximum atomic E-state index is 12.2. The molecule has 0 spiro atoms. The highest BCUT2D eigenvalue weighted by molar-refractivity contribution is 9.09. The smallest absolute Gasteiger partial charge is 0.212 e. The summed E-state index contributed by atoms with van der Waals surface area (Å²) in [7, 11) is -3.14. The van der Waals surface area contributed by atoms with E-state index in [1.165, 1.54) is 19.3 Å². The van der Waals surface area contributed by atoms with Gasteiger partial charge in [0.1, 0.15) is 0 Å². The summed E-state index contributed by atoms with van der Waals surface area (Å²) in [6, 6.07) is 0. The maximum Gasteiger partial charge on any atom is 0.212 e. The minimum Gasteiger partial charge on any atom is -0.212 e. The van der Waals surface area contributed by atoms with Gasteiger partial charge in [0.05, 0.1) is 5.75 Å². The summed E-state index contributed by atoms with van der Waals surface area (Å²) in [5.74, 6) is 0.673. The second-order valence-corrected chi connectivity index (χ2v) is 8.30. The third kappa shape index (κ3) is 5.57. The van der Waals surface area contributed by atoms with Crippen LogP contribution in [-0.2, 0) is 10.0 Å². The molecule has 1 unspecified atom stereocenters. The van der Waals surface area contributed by atoms with Crippen molar-refractivity contribution in [2.75, 3.05) is 11.1 Å². The van der Waals surface area contributed by atoms with E-state index in [9.17, 15) is 8.42 Å². The van der Waals surface area contributed by atoms with E-state index < -0.39 is 10.0 Å². The summed E-state index contributed by atoms with van der Waals surface area (Å²) in [6.45, 7) is 4.03. The van der Waals surface area contributed by atoms with Crippen LogP contribution in [0.5, 0.6) is 0 Å². The van der Waals surface area contributed by atoms with E-state index in [4.69, 9.17) is 0 Å². The van der Waals surface area contributed by atoms with Crippen LogP contribution in [0.2, 0.25) is 0 Å². The molecular weight excluding hydrogens is 314 g/mol. The quantitative estimate of drug-likeness (QED) is 0.722. The molecule has 0 aromatic heterocycles. The predicted octanol–water partition coefficient (Wildman–Crippen LogP) is 3.44. The van der Waals surface area contributed by atoms with E-state index in [0.717, 1.165) is 31.0 Å². The molecule has 1 N–H and O–H groups in total. The molecule has 3 nitrogen and oxygen atoms in total. The molecule has 1 fully saturated rings. The summed E-state index contributed by atoms with van der Waals surface area (Å²) in [5.41, 5.74) is -0.309. The van der Waals surface area contributed by atoms with Crippen LogP contribution in [0.1, 0.15) is 58.8 Å². The topological polar surface area (TPSA) is 46.2 Å². The molecule has 0 aliphatic heterocycles. The van der Waals surface area contributed by atoms with Crippen molar-refractivity contribution in [2.45, 2.75) is 64.3 Å². The lowest BCUT2D eigenvalue weighted by atomic mass is 9.91. The summed E-state index contributed by atoms with van der Waals surface area (Å²) in [4.78, 5) is 0. The molecule has 1 saturated carbocycles. The molecule has 0 amide bonds. The van der Waals surface area contributed by atoms with E-state index in [2.05, 4.69) is 20.7 Å². The third-order valence-corrected chi connectivity index (χ3v) is 6.12. The molecule has 0 aromatic carbocycles. The second kappa shape index (κ2) is 7.25. The monoisotopic (exact) mass is 339 g/mol. The van der Waals surface area contributed by atoms with Crippen LogP contribution in [0.15, 0.2) is 0 Å². The lowest BCUT2D eigenvalue weighted by molar-refractivity contribution is 0.369. The van der Waals surface area contributed by atoms with Crippen molar-refractivity contribution >= 4 is 26.0 Å². The van der Waals surface area contributed by atoms with Gasteiger partial charge in [-0.1, -0.05) is 42.1 Å². The maximum absolute atomic E-state index is 12.2. The Balaban J connectivity index is 2.56. The fourth-order valence-electron chi connectivity index (χ4n) is 2.59. The van der Waals surface area contributed by atoms with Crippen molar-refractivity contribution in [1.82, 2.24) is 4.72 Å². The van der Waals surface area contributed by atoms with Crippen LogP contribution in [0.4, 0.5) is 0 Å². The normalized spacial score (nSPS) is 21.7. The van der Waals surface area contributed by atoms with E-state index >= 15 is 0 Å². The highest BCUT2D eigenvalue weighted by Gasteiger charge is 2.29. The number of halogens is 1. The van der Waals surface area contributed by atoms with Gasteiger partial charge in [0.15, 0.2) is 0 Å². The Kier molecular flexibility index (Phi) is 6.62. The zero-order valence-electron chi connectivity index (χ0n) is 11.5. The summed E-state index contributed by atoms with van der Waals surface area (Å²) < 4.78 is 27.4. The van der Waals surface area contributed by atoms with Gasteiger partial charge in [-0.05, 0) is 38.5 Å². The summed E-state index contributed by atoms with van der Waals surface area (Å²) >= 11 is 3.40. The van der Waals surface area contributed by atoms with Crippen LogP contribution < -0.4 is 4.72 Å². The lowest BCUT2D eigenvalue weighted by Gasteiger charge is -2.30. The van der Waals surface area contributed by atoms with Gasteiger partial charge in [0.25, 0.3) is 0 Å². The SMILES string of the molecule is CCC(C)(CCBr)NS(=O)(=O)CC1CCCCC1. The van der Waals surface area contributed by atoms with Crippen molar-refractivity contribution in [3.05, 3.63) is 0 Å². The lowest BCUT2D eigenvalue weighted by Crippen LogP contribution is -2.47. The number of sulfonamides is 1. The Morgan fingerprint density at radius 1 is 1.28 bits per heavy atom. The number of hydrogen-bond acceptors (Lipinski definition) is 2. The molecule has 18 heavy (non-hydrogen) atoms. The highest BCUT2D eigenvalue weighted by Crippen LogP contribution is 2.25. The largest absolute Gasteiger partial charge is 0.212 e. The molecule has 1 rings (SSSR count). The first-order valence-corrected chi connectivity index (χ1v) is 9.76. The first kappa shape index (κ1) is 16.4. The highest BCUT2D eigenvalue weighted by atomic mass is 79.9. The van der Waals surface area contributed by atoms with Crippen LogP contribution in [0, 0.1) is 5.92 Å². The summed E-state index contributed by atoms with van der Waals surface area (Å²) in [6.07, 6.45) is 7.43. The number of rotatable bonds is 7. The van der Waals surface area contributed by atoms with Crippen molar-refractivity contribution in [1.29, 1.82) is 0 Å². The standard InChI is InChI=1S/C13H26BrNO2S/c1-3-13(2,9-10-14)15-18(16,17)11-12-7-5-4-6-8-12/h12,15H,3-11H2,1-2H3. The fraction of sp³-hybridized carbons (Fsp3) is 1.00. The zero-order chi connectivity index (χ0) is 13.6. The molecule has 108 valence electrons. The van der Waals surface area contributed by atoms with E-state index in [1.807, 2.05) is 13.8 Å². The van der Waals surface area contributed by atoms with Crippen LogP contribution in [0.25, 0.3) is 0 Å². The Hall–Kier alpha value is 0.390. The molecular formula is C13H26BrNO2S. The van der Waals surface area contributed by atoms with Crippen molar-refractivity contribution in [2.24, 2.45) is 5.92 Å². The molecule has 5 heteroatoms. The van der Waals surface area contributed by atoms with Gasteiger partial charge in [-0.2, -0.15) is 0 Å². The third-order valence-electron chi connectivity index (χ3n) is 4.01. The van der Waals surface area contributed by atoms with Crippen molar-refractivity contribution in [3.8, 4) is 0 Å². The first-order valence-electron chi connectivity index (χ1n) is 6.98. The Labute approximate surface area is 120 Å². The van der Waals surface area contributed by atoms with Gasteiger partial charge >= 0.3 is 0 Å². The average molecular weight is 340 g/mol. The first-order chi connectivity index (χ1) is 8.41. The van der Waals surface area contributed by atoms with Gasteiger partial charge in [0, 0.05) is 10.9 Å². The van der Waals surface area contributed by atoms with Crippen LogP contribution in [-0.4, -0.2) is 25.0 Å². The van der Waals surface area contributed by atoms with E-state index in [1.54, 1.807) is 0 Å². The summed E-state index contributed by atoms with van der Waals surface area (Å²) in [5, 5.41) is 0.823. The van der Waals surface area contributed by atoms with Crippen molar-refractivity contribution in [3.63, 3.8) is 0 Å². The fourth-order valence-corrected chi connectivity index (χ4v) is 5.50. The van der Waals surface area contributed by atoms with Gasteiger partial charge < -0.3 is 0 Å². The van der Waals surface area contributed by atoms with Gasteiger partial charge in [-0.15, -0.1) is 0 Å². The number of nitrogens with one attached hydrogen (secondary N) is 1. The molecule has 0 heterocycles. The van der Waals surface area contributed by atoms with Gasteiger partial charge in [-0.3, -0.25) is 0 Å². The van der Waals surface area contributed by atoms with Crippen LogP contribution in [0.3, 0.4) is 0 Å². The second-order valence-electron chi connectivity index (χ2n) is 5.74. The predicted molar refractivity (Wildman–Crippen MR) is 80.6 cm³/mol. The average Bonchev–Trinajstić information content (AvgIpc) is 2.29. The Morgan fingerprint density at radius 2 is 1.89 bits per heavy atom. The number of hydrogen-bond donors (Lipinski definition) is 1. The molecule has 1 atom stereocenters. The minimum absolute atomic E-state index is 0.309. The van der Waals surface area contributed by atoms with Gasteiger partial charge in [-0.25, -0.2) is 13.1 Å². The Morgan fingerprint density at radius 3 is 2.39 bits per heavy atom. The number of alkyl halides is 1. The minimum atomic E-state index is -3.14. The molecule has 0 radical (unpaired) electrons. The molecule has 0 aromatic rings. The molecule has 0 saturated heterocycles. The molecule has 1 aliphatic rings. The van der Waals surface area contributed by atoms with E-state index in [-0.39, 0.29) is 5.54 Å². The van der Waals surface area contributed by atoms with Gasteiger partial charge in [0.2, 0.25) is 10.0 Å². The Bertz CT molecular complexity index is 339.